The molecule has 0 spiro atoms. The normalized spacial score (nSPS) is 15.3. The molecule has 0 N–H and O–H groups in total. The van der Waals surface area contributed by atoms with Gasteiger partial charge in [-0.3, -0.25) is 9.69 Å². The molecule has 1 amide bonds. The first-order chi connectivity index (χ1) is 15.2. The zero-order valence-electron chi connectivity index (χ0n) is 17.8. The Balaban J connectivity index is 1.36. The lowest BCUT2D eigenvalue weighted by Crippen LogP contribution is -2.49. The van der Waals surface area contributed by atoms with Crippen molar-refractivity contribution >= 4 is 5.91 Å². The molecular formula is C21H26F4N4O3. The monoisotopic (exact) mass is 458 g/mol. The van der Waals surface area contributed by atoms with Gasteiger partial charge in [0.2, 0.25) is 17.6 Å². The SMILES string of the molecule is Cc1cc(-c2noc(CCC(=O)N3CCN(CCCOCC(F)(F)F)CC3)n2)ccc1F. The number of carbonyl (C=O) groups is 1. The lowest BCUT2D eigenvalue weighted by molar-refractivity contribution is -0.174. The van der Waals surface area contributed by atoms with Crippen LogP contribution in [0.25, 0.3) is 11.4 Å². The maximum Gasteiger partial charge on any atom is 0.411 e. The third kappa shape index (κ3) is 7.27. The van der Waals surface area contributed by atoms with E-state index in [4.69, 9.17) is 4.52 Å². The standard InChI is InChI=1S/C21H26F4N4O3/c1-15-13-16(3-4-17(15)22)20-26-18(32-27-20)5-6-19(30)29-10-8-28(9-11-29)7-2-12-31-14-21(23,24)25/h3-4,13H,2,5-12,14H2,1H3. The molecule has 32 heavy (non-hydrogen) atoms. The topological polar surface area (TPSA) is 71.7 Å². The van der Waals surface area contributed by atoms with Gasteiger partial charge in [0, 0.05) is 57.7 Å². The zero-order valence-corrected chi connectivity index (χ0v) is 17.8. The molecule has 1 aromatic heterocycles. The van der Waals surface area contributed by atoms with Crippen molar-refractivity contribution in [3.05, 3.63) is 35.5 Å². The van der Waals surface area contributed by atoms with Crippen LogP contribution in [0.1, 0.15) is 24.3 Å². The van der Waals surface area contributed by atoms with Crippen molar-refractivity contribution in [2.24, 2.45) is 0 Å². The van der Waals surface area contributed by atoms with E-state index >= 15 is 0 Å². The average Bonchev–Trinajstić information content (AvgIpc) is 3.22. The Labute approximate surface area is 183 Å². The molecule has 3 rings (SSSR count). The summed E-state index contributed by atoms with van der Waals surface area (Å²) < 4.78 is 59.3. The van der Waals surface area contributed by atoms with Crippen molar-refractivity contribution in [3.8, 4) is 11.4 Å². The van der Waals surface area contributed by atoms with E-state index in [1.807, 2.05) is 0 Å². The number of hydrogen-bond donors (Lipinski definition) is 0. The molecule has 2 heterocycles. The highest BCUT2D eigenvalue weighted by molar-refractivity contribution is 5.76. The Morgan fingerprint density at radius 1 is 1.22 bits per heavy atom. The molecule has 1 aliphatic heterocycles. The van der Waals surface area contributed by atoms with Crippen LogP contribution in [0.3, 0.4) is 0 Å². The Morgan fingerprint density at radius 3 is 2.66 bits per heavy atom. The molecule has 2 aromatic rings. The number of piperazine rings is 1. The van der Waals surface area contributed by atoms with Gasteiger partial charge in [0.1, 0.15) is 12.4 Å². The van der Waals surface area contributed by atoms with Crippen molar-refractivity contribution in [2.75, 3.05) is 45.9 Å². The van der Waals surface area contributed by atoms with Gasteiger partial charge >= 0.3 is 6.18 Å². The van der Waals surface area contributed by atoms with E-state index in [2.05, 4.69) is 19.8 Å². The van der Waals surface area contributed by atoms with Gasteiger partial charge in [-0.25, -0.2) is 4.39 Å². The van der Waals surface area contributed by atoms with Crippen LogP contribution in [0.4, 0.5) is 17.6 Å². The third-order valence-corrected chi connectivity index (χ3v) is 5.19. The molecule has 0 saturated carbocycles. The summed E-state index contributed by atoms with van der Waals surface area (Å²) in [5.74, 6) is 0.365. The van der Waals surface area contributed by atoms with Crippen LogP contribution in [-0.4, -0.2) is 78.0 Å². The second-order valence-corrected chi connectivity index (χ2v) is 7.72. The van der Waals surface area contributed by atoms with Gasteiger partial charge in [-0.1, -0.05) is 5.16 Å². The van der Waals surface area contributed by atoms with E-state index in [1.165, 1.54) is 6.07 Å². The van der Waals surface area contributed by atoms with Gasteiger partial charge in [-0.05, 0) is 37.1 Å². The second-order valence-electron chi connectivity index (χ2n) is 7.72. The highest BCUT2D eigenvalue weighted by Gasteiger charge is 2.27. The third-order valence-electron chi connectivity index (χ3n) is 5.19. The number of ether oxygens (including phenoxy) is 1. The van der Waals surface area contributed by atoms with Crippen molar-refractivity contribution in [1.29, 1.82) is 0 Å². The van der Waals surface area contributed by atoms with Crippen molar-refractivity contribution in [1.82, 2.24) is 19.9 Å². The van der Waals surface area contributed by atoms with E-state index in [0.717, 1.165) is 0 Å². The molecule has 0 unspecified atom stereocenters. The first-order valence-electron chi connectivity index (χ1n) is 10.4. The fourth-order valence-corrected chi connectivity index (χ4v) is 3.43. The Bertz CT molecular complexity index is 895. The van der Waals surface area contributed by atoms with Crippen LogP contribution < -0.4 is 0 Å². The molecular weight excluding hydrogens is 432 g/mol. The van der Waals surface area contributed by atoms with Crippen molar-refractivity contribution in [2.45, 2.75) is 32.4 Å². The van der Waals surface area contributed by atoms with Gasteiger partial charge in [-0.2, -0.15) is 18.2 Å². The number of halogens is 4. The van der Waals surface area contributed by atoms with E-state index in [0.29, 0.717) is 68.4 Å². The highest BCUT2D eigenvalue weighted by Crippen LogP contribution is 2.20. The zero-order chi connectivity index (χ0) is 23.1. The Hall–Kier alpha value is -2.53. The molecule has 176 valence electrons. The summed E-state index contributed by atoms with van der Waals surface area (Å²) in [4.78, 5) is 20.6. The van der Waals surface area contributed by atoms with Gasteiger partial charge < -0.3 is 14.2 Å². The molecule has 0 radical (unpaired) electrons. The summed E-state index contributed by atoms with van der Waals surface area (Å²) in [5.41, 5.74) is 1.13. The first-order valence-corrected chi connectivity index (χ1v) is 10.4. The highest BCUT2D eigenvalue weighted by atomic mass is 19.4. The van der Waals surface area contributed by atoms with Gasteiger partial charge in [0.15, 0.2) is 0 Å². The number of alkyl halides is 3. The fraction of sp³-hybridized carbons (Fsp3) is 0.571. The minimum Gasteiger partial charge on any atom is -0.372 e. The summed E-state index contributed by atoms with van der Waals surface area (Å²) in [7, 11) is 0. The first kappa shape index (κ1) is 24.1. The van der Waals surface area contributed by atoms with E-state index in [1.54, 1.807) is 24.0 Å². The predicted molar refractivity (Wildman–Crippen MR) is 107 cm³/mol. The molecule has 11 heteroatoms. The van der Waals surface area contributed by atoms with Gasteiger partial charge in [0.05, 0.1) is 0 Å². The molecule has 7 nitrogen and oxygen atoms in total. The number of amides is 1. The lowest BCUT2D eigenvalue weighted by atomic mass is 10.1. The second kappa shape index (κ2) is 10.9. The fourth-order valence-electron chi connectivity index (χ4n) is 3.43. The van der Waals surface area contributed by atoms with Crippen LogP contribution in [-0.2, 0) is 16.0 Å². The van der Waals surface area contributed by atoms with Crippen LogP contribution in [0, 0.1) is 12.7 Å². The van der Waals surface area contributed by atoms with Crippen molar-refractivity contribution < 1.29 is 31.6 Å². The number of aryl methyl sites for hydroxylation is 2. The van der Waals surface area contributed by atoms with Crippen LogP contribution in [0.2, 0.25) is 0 Å². The molecule has 1 fully saturated rings. The number of carbonyl (C=O) groups excluding carboxylic acids is 1. The number of rotatable bonds is 9. The molecule has 0 aliphatic carbocycles. The summed E-state index contributed by atoms with van der Waals surface area (Å²) in [6.45, 7) is 3.58. The smallest absolute Gasteiger partial charge is 0.372 e. The van der Waals surface area contributed by atoms with Crippen molar-refractivity contribution in [3.63, 3.8) is 0 Å². The van der Waals surface area contributed by atoms with E-state index in [9.17, 15) is 22.4 Å². The van der Waals surface area contributed by atoms with Gasteiger partial charge in [0.25, 0.3) is 0 Å². The maximum atomic E-state index is 13.4. The minimum atomic E-state index is -4.30. The lowest BCUT2D eigenvalue weighted by Gasteiger charge is -2.34. The van der Waals surface area contributed by atoms with Gasteiger partial charge in [-0.15, -0.1) is 0 Å². The van der Waals surface area contributed by atoms with E-state index in [-0.39, 0.29) is 24.8 Å². The number of benzene rings is 1. The van der Waals surface area contributed by atoms with E-state index < -0.39 is 12.8 Å². The molecule has 1 aliphatic rings. The maximum absolute atomic E-state index is 13.4. The molecule has 1 aromatic carbocycles. The minimum absolute atomic E-state index is 0.0180. The quantitative estimate of drug-likeness (QED) is 0.425. The summed E-state index contributed by atoms with van der Waals surface area (Å²) in [6, 6.07) is 4.56. The summed E-state index contributed by atoms with van der Waals surface area (Å²) in [6.07, 6.45) is -3.25. The Kier molecular flexibility index (Phi) is 8.19. The number of aromatic nitrogens is 2. The number of hydrogen-bond acceptors (Lipinski definition) is 6. The summed E-state index contributed by atoms with van der Waals surface area (Å²) >= 11 is 0. The number of nitrogens with zero attached hydrogens (tertiary/aromatic N) is 4. The molecule has 0 bridgehead atoms. The summed E-state index contributed by atoms with van der Waals surface area (Å²) in [5, 5.41) is 3.90. The van der Waals surface area contributed by atoms with Crippen LogP contribution >= 0.6 is 0 Å². The molecule has 1 saturated heterocycles. The van der Waals surface area contributed by atoms with Crippen LogP contribution in [0.15, 0.2) is 22.7 Å². The predicted octanol–water partition coefficient (Wildman–Crippen LogP) is 3.23. The Morgan fingerprint density at radius 2 is 1.97 bits per heavy atom. The average molecular weight is 458 g/mol. The molecule has 0 atom stereocenters. The van der Waals surface area contributed by atoms with Crippen LogP contribution in [0.5, 0.6) is 0 Å². The largest absolute Gasteiger partial charge is 0.411 e.